The van der Waals surface area contributed by atoms with Crippen molar-refractivity contribution >= 4 is 12.0 Å². The summed E-state index contributed by atoms with van der Waals surface area (Å²) in [6.07, 6.45) is 3.34. The summed E-state index contributed by atoms with van der Waals surface area (Å²) in [6, 6.07) is -1.43. The predicted octanol–water partition coefficient (Wildman–Crippen LogP) is -0.808. The lowest BCUT2D eigenvalue weighted by atomic mass is 10.2. The Morgan fingerprint density at radius 1 is 1.55 bits per heavy atom. The Labute approximate surface area is 116 Å². The van der Waals surface area contributed by atoms with E-state index in [0.717, 1.165) is 10.7 Å². The van der Waals surface area contributed by atoms with E-state index in [4.69, 9.17) is 5.11 Å². The number of amides is 2. The number of aryl methyl sites for hydroxylation is 1. The molecule has 1 fully saturated rings. The Bertz CT molecular complexity index is 501. The molecule has 1 aromatic heterocycles. The van der Waals surface area contributed by atoms with E-state index in [9.17, 15) is 14.7 Å². The molecular formula is C12H18N4O4. The van der Waals surface area contributed by atoms with E-state index >= 15 is 0 Å². The number of β-amino-alcohol motifs (C(OH)–C–C–N with tert-alkyl or cyclic N) is 1. The van der Waals surface area contributed by atoms with E-state index in [1.807, 2.05) is 17.8 Å². The van der Waals surface area contributed by atoms with Gasteiger partial charge in [0.1, 0.15) is 11.9 Å². The highest BCUT2D eigenvalue weighted by Gasteiger charge is 2.38. The van der Waals surface area contributed by atoms with Gasteiger partial charge in [0.2, 0.25) is 0 Å². The van der Waals surface area contributed by atoms with Crippen LogP contribution in [0.15, 0.2) is 12.4 Å². The number of aliphatic carboxylic acids is 1. The first-order chi connectivity index (χ1) is 9.49. The number of urea groups is 1. The van der Waals surface area contributed by atoms with Gasteiger partial charge in [-0.15, -0.1) is 0 Å². The summed E-state index contributed by atoms with van der Waals surface area (Å²) in [5, 5.41) is 21.2. The zero-order valence-electron chi connectivity index (χ0n) is 11.2. The van der Waals surface area contributed by atoms with Crippen LogP contribution in [0.4, 0.5) is 4.79 Å². The Morgan fingerprint density at radius 2 is 2.30 bits per heavy atom. The second kappa shape index (κ2) is 5.91. The molecule has 1 saturated heterocycles. The fourth-order valence-corrected chi connectivity index (χ4v) is 2.29. The van der Waals surface area contributed by atoms with Crippen LogP contribution in [-0.2, 0) is 18.3 Å². The van der Waals surface area contributed by atoms with Crippen LogP contribution in [0.5, 0.6) is 0 Å². The fourth-order valence-electron chi connectivity index (χ4n) is 2.29. The number of nitrogens with zero attached hydrogens (tertiary/aromatic N) is 3. The number of rotatable bonds is 4. The molecule has 0 spiro atoms. The number of carbonyl (C=O) groups excluding carboxylic acids is 1. The Balaban J connectivity index is 1.85. The molecule has 2 amide bonds. The van der Waals surface area contributed by atoms with Crippen LogP contribution < -0.4 is 5.32 Å². The van der Waals surface area contributed by atoms with Crippen LogP contribution in [0.1, 0.15) is 12.2 Å². The van der Waals surface area contributed by atoms with Gasteiger partial charge in [-0.2, -0.15) is 0 Å². The van der Waals surface area contributed by atoms with Crippen molar-refractivity contribution in [2.45, 2.75) is 25.0 Å². The van der Waals surface area contributed by atoms with Gasteiger partial charge in [0, 0.05) is 45.4 Å². The summed E-state index contributed by atoms with van der Waals surface area (Å²) in [6.45, 7) is 0.411. The second-order valence-electron chi connectivity index (χ2n) is 4.83. The minimum absolute atomic E-state index is 0.0468. The number of hydrogen-bond donors (Lipinski definition) is 3. The van der Waals surface area contributed by atoms with Crippen LogP contribution in [0, 0.1) is 0 Å². The van der Waals surface area contributed by atoms with Crippen molar-refractivity contribution in [3.05, 3.63) is 18.2 Å². The van der Waals surface area contributed by atoms with Gasteiger partial charge in [-0.1, -0.05) is 0 Å². The summed E-state index contributed by atoms with van der Waals surface area (Å²) in [5.74, 6) is -0.262. The third kappa shape index (κ3) is 3.08. The Kier molecular flexibility index (Phi) is 4.23. The molecule has 8 heteroatoms. The van der Waals surface area contributed by atoms with Gasteiger partial charge >= 0.3 is 12.0 Å². The molecule has 2 heterocycles. The SMILES string of the molecule is Cn1ccnc1CCNC(=O)N1CC(O)CC1C(=O)O. The summed E-state index contributed by atoms with van der Waals surface area (Å²) in [5.41, 5.74) is 0. The molecule has 1 aliphatic heterocycles. The van der Waals surface area contributed by atoms with E-state index in [0.29, 0.717) is 13.0 Å². The zero-order valence-corrected chi connectivity index (χ0v) is 11.2. The number of carboxylic acids is 1. The largest absolute Gasteiger partial charge is 0.480 e. The van der Waals surface area contributed by atoms with Gasteiger partial charge < -0.3 is 25.0 Å². The maximum atomic E-state index is 11.9. The number of aliphatic hydroxyl groups is 1. The molecule has 0 bridgehead atoms. The van der Waals surface area contributed by atoms with Crippen LogP contribution >= 0.6 is 0 Å². The molecule has 3 N–H and O–H groups in total. The Morgan fingerprint density at radius 3 is 2.90 bits per heavy atom. The predicted molar refractivity (Wildman–Crippen MR) is 69.1 cm³/mol. The Hall–Kier alpha value is -2.09. The van der Waals surface area contributed by atoms with Gasteiger partial charge in [0.05, 0.1) is 6.10 Å². The van der Waals surface area contributed by atoms with Gasteiger partial charge in [0.25, 0.3) is 0 Å². The van der Waals surface area contributed by atoms with Gasteiger partial charge in [0.15, 0.2) is 0 Å². The van der Waals surface area contributed by atoms with Crippen molar-refractivity contribution in [3.8, 4) is 0 Å². The van der Waals surface area contributed by atoms with Crippen LogP contribution in [0.3, 0.4) is 0 Å². The van der Waals surface area contributed by atoms with Crippen LogP contribution in [0.2, 0.25) is 0 Å². The number of aromatic nitrogens is 2. The molecule has 0 aliphatic carbocycles. The molecule has 0 radical (unpaired) electrons. The highest BCUT2D eigenvalue weighted by Crippen LogP contribution is 2.17. The summed E-state index contributed by atoms with van der Waals surface area (Å²) in [7, 11) is 1.86. The first kappa shape index (κ1) is 14.3. The molecule has 2 atom stereocenters. The van der Waals surface area contributed by atoms with Crippen LogP contribution in [0.25, 0.3) is 0 Å². The normalized spacial score (nSPS) is 22.0. The maximum absolute atomic E-state index is 11.9. The van der Waals surface area contributed by atoms with Crippen LogP contribution in [-0.4, -0.2) is 61.9 Å². The number of carbonyl (C=O) groups is 2. The number of hydrogen-bond acceptors (Lipinski definition) is 4. The van der Waals surface area contributed by atoms with Crippen molar-refractivity contribution in [1.29, 1.82) is 0 Å². The standard InChI is InChI=1S/C12H18N4O4/c1-15-5-4-13-10(15)2-3-14-12(20)16-7-8(17)6-9(16)11(18)19/h4-5,8-9,17H,2-3,6-7H2,1H3,(H,14,20)(H,18,19). The van der Waals surface area contributed by atoms with E-state index < -0.39 is 24.1 Å². The fraction of sp³-hybridized carbons (Fsp3) is 0.583. The lowest BCUT2D eigenvalue weighted by Gasteiger charge is -2.21. The highest BCUT2D eigenvalue weighted by molar-refractivity contribution is 5.83. The van der Waals surface area contributed by atoms with Crippen molar-refractivity contribution in [1.82, 2.24) is 19.8 Å². The average molecular weight is 282 g/mol. The molecule has 8 nitrogen and oxygen atoms in total. The quantitative estimate of drug-likeness (QED) is 0.669. The molecule has 1 aliphatic rings. The highest BCUT2D eigenvalue weighted by atomic mass is 16.4. The van der Waals surface area contributed by atoms with E-state index in [-0.39, 0.29) is 13.0 Å². The summed E-state index contributed by atoms with van der Waals surface area (Å²) < 4.78 is 1.85. The maximum Gasteiger partial charge on any atom is 0.326 e. The molecule has 1 aromatic rings. The molecule has 110 valence electrons. The first-order valence-electron chi connectivity index (χ1n) is 6.40. The smallest absolute Gasteiger partial charge is 0.326 e. The molecule has 20 heavy (non-hydrogen) atoms. The van der Waals surface area contributed by atoms with E-state index in [1.165, 1.54) is 0 Å². The monoisotopic (exact) mass is 282 g/mol. The number of imidazole rings is 1. The second-order valence-corrected chi connectivity index (χ2v) is 4.83. The van der Waals surface area contributed by atoms with Crippen molar-refractivity contribution < 1.29 is 19.8 Å². The third-order valence-corrected chi connectivity index (χ3v) is 3.37. The van der Waals surface area contributed by atoms with Crippen molar-refractivity contribution in [2.24, 2.45) is 7.05 Å². The first-order valence-corrected chi connectivity index (χ1v) is 6.40. The third-order valence-electron chi connectivity index (χ3n) is 3.37. The number of likely N-dealkylation sites (tertiary alicyclic amines) is 1. The minimum Gasteiger partial charge on any atom is -0.480 e. The molecular weight excluding hydrogens is 264 g/mol. The molecule has 0 saturated carbocycles. The van der Waals surface area contributed by atoms with Crippen molar-refractivity contribution in [3.63, 3.8) is 0 Å². The average Bonchev–Trinajstić information content (AvgIpc) is 2.96. The number of carboxylic acid groups (broad SMARTS) is 1. The van der Waals surface area contributed by atoms with Gasteiger partial charge in [-0.3, -0.25) is 0 Å². The van der Waals surface area contributed by atoms with E-state index in [2.05, 4.69) is 10.3 Å². The minimum atomic E-state index is -1.10. The topological polar surface area (TPSA) is 108 Å². The lowest BCUT2D eigenvalue weighted by Crippen LogP contribution is -2.46. The van der Waals surface area contributed by atoms with Crippen molar-refractivity contribution in [2.75, 3.05) is 13.1 Å². The number of aliphatic hydroxyl groups excluding tert-OH is 1. The van der Waals surface area contributed by atoms with Gasteiger partial charge in [-0.05, 0) is 0 Å². The molecule has 0 aromatic carbocycles. The zero-order chi connectivity index (χ0) is 14.7. The summed E-state index contributed by atoms with van der Waals surface area (Å²) in [4.78, 5) is 28.2. The molecule has 2 rings (SSSR count). The van der Waals surface area contributed by atoms with Gasteiger partial charge in [-0.25, -0.2) is 14.6 Å². The lowest BCUT2D eigenvalue weighted by molar-refractivity contribution is -0.141. The van der Waals surface area contributed by atoms with E-state index in [1.54, 1.807) is 6.20 Å². The number of nitrogens with one attached hydrogen (secondary N) is 1. The summed E-state index contributed by atoms with van der Waals surface area (Å²) >= 11 is 0. The molecule has 2 unspecified atom stereocenters.